The summed E-state index contributed by atoms with van der Waals surface area (Å²) < 4.78 is 14.9. The SMILES string of the molecule is NC(=O)c1nn(Cc2c(F)cccc2Cl)cc1N. The van der Waals surface area contributed by atoms with Crippen LogP contribution in [0, 0.1) is 5.82 Å². The lowest BCUT2D eigenvalue weighted by Gasteiger charge is -2.05. The summed E-state index contributed by atoms with van der Waals surface area (Å²) in [6.07, 6.45) is 1.41. The molecule has 0 radical (unpaired) electrons. The van der Waals surface area contributed by atoms with Gasteiger partial charge in [-0.3, -0.25) is 9.48 Å². The molecule has 0 aliphatic carbocycles. The zero-order valence-corrected chi connectivity index (χ0v) is 9.99. The quantitative estimate of drug-likeness (QED) is 0.882. The van der Waals surface area contributed by atoms with Crippen molar-refractivity contribution in [1.29, 1.82) is 0 Å². The number of nitrogen functional groups attached to an aromatic ring is 1. The van der Waals surface area contributed by atoms with E-state index in [0.717, 1.165) is 0 Å². The Labute approximate surface area is 107 Å². The number of hydrogen-bond donors (Lipinski definition) is 2. The zero-order valence-electron chi connectivity index (χ0n) is 9.23. The van der Waals surface area contributed by atoms with Crippen LogP contribution in [0.4, 0.5) is 10.1 Å². The number of anilines is 1. The van der Waals surface area contributed by atoms with Crippen LogP contribution in [-0.4, -0.2) is 15.7 Å². The maximum absolute atomic E-state index is 13.6. The molecule has 1 aromatic carbocycles. The van der Waals surface area contributed by atoms with E-state index in [9.17, 15) is 9.18 Å². The molecule has 0 unspecified atom stereocenters. The first-order chi connectivity index (χ1) is 8.49. The third-order valence-corrected chi connectivity index (χ3v) is 2.76. The van der Waals surface area contributed by atoms with Crippen molar-refractivity contribution in [2.45, 2.75) is 6.54 Å². The monoisotopic (exact) mass is 268 g/mol. The Kier molecular flexibility index (Phi) is 3.20. The van der Waals surface area contributed by atoms with Crippen molar-refractivity contribution < 1.29 is 9.18 Å². The summed E-state index contributed by atoms with van der Waals surface area (Å²) in [4.78, 5) is 11.0. The number of nitrogens with zero attached hydrogens (tertiary/aromatic N) is 2. The van der Waals surface area contributed by atoms with Gasteiger partial charge in [0.1, 0.15) is 5.82 Å². The minimum Gasteiger partial charge on any atom is -0.396 e. The summed E-state index contributed by atoms with van der Waals surface area (Å²) >= 11 is 5.88. The molecular weight excluding hydrogens is 259 g/mol. The molecule has 0 atom stereocenters. The highest BCUT2D eigenvalue weighted by molar-refractivity contribution is 6.31. The first kappa shape index (κ1) is 12.4. The van der Waals surface area contributed by atoms with E-state index in [1.807, 2.05) is 0 Å². The number of nitrogens with two attached hydrogens (primary N) is 2. The van der Waals surface area contributed by atoms with Gasteiger partial charge >= 0.3 is 0 Å². The van der Waals surface area contributed by atoms with Crippen molar-refractivity contribution in [3.8, 4) is 0 Å². The smallest absolute Gasteiger partial charge is 0.271 e. The number of carbonyl (C=O) groups excluding carboxylic acids is 1. The summed E-state index contributed by atoms with van der Waals surface area (Å²) in [5.74, 6) is -1.18. The van der Waals surface area contributed by atoms with E-state index in [1.165, 1.54) is 23.0 Å². The second-order valence-corrected chi connectivity index (χ2v) is 4.10. The highest BCUT2D eigenvalue weighted by atomic mass is 35.5. The van der Waals surface area contributed by atoms with Crippen LogP contribution in [0.5, 0.6) is 0 Å². The number of rotatable bonds is 3. The topological polar surface area (TPSA) is 86.9 Å². The number of hydrogen-bond acceptors (Lipinski definition) is 3. The molecule has 5 nitrogen and oxygen atoms in total. The second-order valence-electron chi connectivity index (χ2n) is 3.70. The van der Waals surface area contributed by atoms with Crippen molar-refractivity contribution >= 4 is 23.2 Å². The minimum atomic E-state index is -0.731. The summed E-state index contributed by atoms with van der Waals surface area (Å²) in [7, 11) is 0. The van der Waals surface area contributed by atoms with E-state index >= 15 is 0 Å². The summed E-state index contributed by atoms with van der Waals surface area (Å²) in [5, 5.41) is 4.16. The number of amides is 1. The molecule has 1 amide bonds. The van der Waals surface area contributed by atoms with Crippen LogP contribution in [0.2, 0.25) is 5.02 Å². The number of halogens is 2. The molecule has 0 saturated carbocycles. The highest BCUT2D eigenvalue weighted by Crippen LogP contribution is 2.20. The lowest BCUT2D eigenvalue weighted by atomic mass is 10.2. The van der Waals surface area contributed by atoms with Crippen LogP contribution >= 0.6 is 11.6 Å². The zero-order chi connectivity index (χ0) is 13.3. The Bertz CT molecular complexity index is 591. The van der Waals surface area contributed by atoms with Gasteiger partial charge < -0.3 is 11.5 Å². The minimum absolute atomic E-state index is 0.0394. The Morgan fingerprint density at radius 1 is 1.50 bits per heavy atom. The average Bonchev–Trinajstić information content (AvgIpc) is 2.65. The standard InChI is InChI=1S/C11H10ClFN4O/c12-7-2-1-3-8(13)6(7)4-17-5-9(14)10(16-17)11(15)18/h1-3,5H,4,14H2,(H2,15,18). The molecule has 1 aromatic heterocycles. The highest BCUT2D eigenvalue weighted by Gasteiger charge is 2.13. The van der Waals surface area contributed by atoms with Crippen LogP contribution in [-0.2, 0) is 6.54 Å². The number of carbonyl (C=O) groups is 1. The normalized spacial score (nSPS) is 10.6. The van der Waals surface area contributed by atoms with Crippen LogP contribution in [0.15, 0.2) is 24.4 Å². The molecule has 94 valence electrons. The number of benzene rings is 1. The van der Waals surface area contributed by atoms with Gasteiger partial charge in [0.05, 0.1) is 12.2 Å². The van der Waals surface area contributed by atoms with Gasteiger partial charge in [0.15, 0.2) is 5.69 Å². The van der Waals surface area contributed by atoms with Gasteiger partial charge in [-0.25, -0.2) is 4.39 Å². The molecule has 0 aliphatic rings. The molecule has 0 spiro atoms. The van der Waals surface area contributed by atoms with Crippen molar-refractivity contribution in [2.75, 3.05) is 5.73 Å². The Morgan fingerprint density at radius 3 is 2.78 bits per heavy atom. The lowest BCUT2D eigenvalue weighted by molar-refractivity contribution is 0.0995. The van der Waals surface area contributed by atoms with Crippen molar-refractivity contribution in [2.24, 2.45) is 5.73 Å². The molecule has 2 rings (SSSR count). The first-order valence-corrected chi connectivity index (χ1v) is 5.42. The molecule has 0 saturated heterocycles. The van der Waals surface area contributed by atoms with Gasteiger partial charge in [0.2, 0.25) is 0 Å². The molecule has 0 fully saturated rings. The van der Waals surface area contributed by atoms with Crippen LogP contribution in [0.1, 0.15) is 16.1 Å². The van der Waals surface area contributed by atoms with Gasteiger partial charge in [-0.15, -0.1) is 0 Å². The van der Waals surface area contributed by atoms with E-state index in [1.54, 1.807) is 6.07 Å². The molecule has 4 N–H and O–H groups in total. The van der Waals surface area contributed by atoms with Crippen molar-refractivity contribution in [3.63, 3.8) is 0 Å². The fraction of sp³-hybridized carbons (Fsp3) is 0.0909. The Morgan fingerprint density at radius 2 is 2.22 bits per heavy atom. The van der Waals surface area contributed by atoms with Crippen molar-refractivity contribution in [3.05, 3.63) is 46.5 Å². The van der Waals surface area contributed by atoms with Gasteiger partial charge in [-0.05, 0) is 12.1 Å². The Balaban J connectivity index is 2.35. The van der Waals surface area contributed by atoms with Gasteiger partial charge in [-0.1, -0.05) is 17.7 Å². The van der Waals surface area contributed by atoms with E-state index in [-0.39, 0.29) is 28.5 Å². The van der Waals surface area contributed by atoms with Crippen LogP contribution in [0.3, 0.4) is 0 Å². The van der Waals surface area contributed by atoms with Gasteiger partial charge in [0.25, 0.3) is 5.91 Å². The summed E-state index contributed by atoms with van der Waals surface area (Å²) in [6.45, 7) is 0.0724. The largest absolute Gasteiger partial charge is 0.396 e. The summed E-state index contributed by atoms with van der Waals surface area (Å²) in [5.41, 5.74) is 11.0. The second kappa shape index (κ2) is 4.66. The fourth-order valence-corrected chi connectivity index (χ4v) is 1.78. The Hall–Kier alpha value is -2.08. The lowest BCUT2D eigenvalue weighted by Crippen LogP contribution is -2.14. The fourth-order valence-electron chi connectivity index (χ4n) is 1.55. The third kappa shape index (κ3) is 2.28. The molecular formula is C11H10ClFN4O. The van der Waals surface area contributed by atoms with Crippen LogP contribution < -0.4 is 11.5 Å². The van der Waals surface area contributed by atoms with Gasteiger partial charge in [0, 0.05) is 16.8 Å². The first-order valence-electron chi connectivity index (χ1n) is 5.04. The number of primary amides is 1. The molecule has 2 aromatic rings. The van der Waals surface area contributed by atoms with Crippen molar-refractivity contribution in [1.82, 2.24) is 9.78 Å². The molecule has 0 bridgehead atoms. The third-order valence-electron chi connectivity index (χ3n) is 2.41. The van der Waals surface area contributed by atoms with Gasteiger partial charge in [-0.2, -0.15) is 5.10 Å². The predicted octanol–water partition coefficient (Wildman–Crippen LogP) is 1.40. The molecule has 0 aliphatic heterocycles. The van der Waals surface area contributed by atoms with E-state index in [0.29, 0.717) is 0 Å². The molecule has 1 heterocycles. The average molecular weight is 269 g/mol. The molecule has 18 heavy (non-hydrogen) atoms. The van der Waals surface area contributed by atoms with E-state index in [4.69, 9.17) is 23.1 Å². The van der Waals surface area contributed by atoms with E-state index in [2.05, 4.69) is 5.10 Å². The molecule has 7 heteroatoms. The maximum atomic E-state index is 13.6. The summed E-state index contributed by atoms with van der Waals surface area (Å²) in [6, 6.07) is 4.37. The predicted molar refractivity (Wildman–Crippen MR) is 65.7 cm³/mol. The van der Waals surface area contributed by atoms with E-state index < -0.39 is 11.7 Å². The van der Waals surface area contributed by atoms with Crippen LogP contribution in [0.25, 0.3) is 0 Å². The number of aromatic nitrogens is 2. The maximum Gasteiger partial charge on any atom is 0.271 e.